The molecule has 19 heavy (non-hydrogen) atoms. The minimum absolute atomic E-state index is 0.0690. The van der Waals surface area contributed by atoms with Gasteiger partial charge in [0.1, 0.15) is 0 Å². The zero-order chi connectivity index (χ0) is 13.7. The molecule has 0 radical (unpaired) electrons. The monoisotopic (exact) mass is 262 g/mol. The molecule has 0 fully saturated rings. The Kier molecular flexibility index (Phi) is 4.80. The zero-order valence-electron chi connectivity index (χ0n) is 11.4. The van der Waals surface area contributed by atoms with E-state index in [2.05, 4.69) is 10.6 Å². The van der Waals surface area contributed by atoms with Crippen LogP contribution < -0.4 is 10.6 Å². The molecule has 2 rings (SSSR count). The van der Waals surface area contributed by atoms with Crippen LogP contribution in [0.4, 0.5) is 5.69 Å². The lowest BCUT2D eigenvalue weighted by Gasteiger charge is -2.27. The number of hydrogen-bond acceptors (Lipinski definition) is 3. The van der Waals surface area contributed by atoms with Crippen LogP contribution in [0.25, 0.3) is 0 Å². The van der Waals surface area contributed by atoms with Crippen LogP contribution in [0.2, 0.25) is 0 Å². The highest BCUT2D eigenvalue weighted by Crippen LogP contribution is 2.31. The van der Waals surface area contributed by atoms with Crippen molar-refractivity contribution in [3.05, 3.63) is 29.8 Å². The SMILES string of the molecule is CCC(CCO)NC(=O)C1CCNc2ccccc21. The first kappa shape index (κ1) is 13.9. The summed E-state index contributed by atoms with van der Waals surface area (Å²) in [6.07, 6.45) is 2.28. The van der Waals surface area contributed by atoms with Crippen molar-refractivity contribution in [2.45, 2.75) is 38.1 Å². The van der Waals surface area contributed by atoms with Crippen molar-refractivity contribution in [2.75, 3.05) is 18.5 Å². The van der Waals surface area contributed by atoms with Gasteiger partial charge in [-0.05, 0) is 30.9 Å². The van der Waals surface area contributed by atoms with Gasteiger partial charge in [-0.15, -0.1) is 0 Å². The van der Waals surface area contributed by atoms with E-state index in [1.54, 1.807) is 0 Å². The summed E-state index contributed by atoms with van der Waals surface area (Å²) in [5, 5.41) is 15.4. The number of hydrogen-bond donors (Lipinski definition) is 3. The molecule has 0 saturated heterocycles. The molecule has 1 aliphatic heterocycles. The fraction of sp³-hybridized carbons (Fsp3) is 0.533. The molecule has 1 heterocycles. The van der Waals surface area contributed by atoms with Crippen molar-refractivity contribution < 1.29 is 9.90 Å². The van der Waals surface area contributed by atoms with Gasteiger partial charge in [-0.2, -0.15) is 0 Å². The number of nitrogens with one attached hydrogen (secondary N) is 2. The largest absolute Gasteiger partial charge is 0.396 e. The van der Waals surface area contributed by atoms with Crippen molar-refractivity contribution in [2.24, 2.45) is 0 Å². The second-order valence-electron chi connectivity index (χ2n) is 4.98. The smallest absolute Gasteiger partial charge is 0.227 e. The average Bonchev–Trinajstić information content (AvgIpc) is 2.46. The van der Waals surface area contributed by atoms with Crippen LogP contribution in [0, 0.1) is 0 Å². The maximum Gasteiger partial charge on any atom is 0.227 e. The number of anilines is 1. The van der Waals surface area contributed by atoms with Crippen molar-refractivity contribution in [3.8, 4) is 0 Å². The van der Waals surface area contributed by atoms with Gasteiger partial charge in [0.2, 0.25) is 5.91 Å². The Morgan fingerprint density at radius 3 is 3.05 bits per heavy atom. The predicted molar refractivity (Wildman–Crippen MR) is 76.2 cm³/mol. The fourth-order valence-corrected chi connectivity index (χ4v) is 2.58. The Morgan fingerprint density at radius 1 is 1.53 bits per heavy atom. The van der Waals surface area contributed by atoms with Gasteiger partial charge in [0, 0.05) is 24.9 Å². The molecule has 2 atom stereocenters. The van der Waals surface area contributed by atoms with Gasteiger partial charge in [-0.3, -0.25) is 4.79 Å². The van der Waals surface area contributed by atoms with Crippen LogP contribution in [0.1, 0.15) is 37.7 Å². The highest BCUT2D eigenvalue weighted by molar-refractivity contribution is 5.86. The topological polar surface area (TPSA) is 61.4 Å². The van der Waals surface area contributed by atoms with Crippen molar-refractivity contribution in [1.29, 1.82) is 0 Å². The molecule has 3 N–H and O–H groups in total. The molecule has 2 unspecified atom stereocenters. The third kappa shape index (κ3) is 3.26. The predicted octanol–water partition coefficient (Wildman–Crippen LogP) is 1.86. The highest BCUT2D eigenvalue weighted by atomic mass is 16.3. The fourth-order valence-electron chi connectivity index (χ4n) is 2.58. The Balaban J connectivity index is 2.08. The third-order valence-corrected chi connectivity index (χ3v) is 3.72. The zero-order valence-corrected chi connectivity index (χ0v) is 11.4. The summed E-state index contributed by atoms with van der Waals surface area (Å²) >= 11 is 0. The standard InChI is InChI=1S/C15H22N2O2/c1-2-11(8-10-18)17-15(19)13-7-9-16-14-6-4-3-5-12(13)14/h3-6,11,13,16,18H,2,7-10H2,1H3,(H,17,19). The van der Waals surface area contributed by atoms with Gasteiger partial charge < -0.3 is 15.7 Å². The highest BCUT2D eigenvalue weighted by Gasteiger charge is 2.27. The van der Waals surface area contributed by atoms with Gasteiger partial charge in [0.05, 0.1) is 5.92 Å². The summed E-state index contributed by atoms with van der Waals surface area (Å²) in [6, 6.07) is 8.04. The second kappa shape index (κ2) is 6.57. The number of carbonyl (C=O) groups is 1. The second-order valence-corrected chi connectivity index (χ2v) is 4.98. The van der Waals surface area contributed by atoms with E-state index in [1.165, 1.54) is 0 Å². The van der Waals surface area contributed by atoms with Gasteiger partial charge in [0.25, 0.3) is 0 Å². The van der Waals surface area contributed by atoms with Gasteiger partial charge in [-0.25, -0.2) is 0 Å². The van der Waals surface area contributed by atoms with Crippen molar-refractivity contribution in [3.63, 3.8) is 0 Å². The Hall–Kier alpha value is -1.55. The molecule has 4 heteroatoms. The van der Waals surface area contributed by atoms with E-state index in [-0.39, 0.29) is 24.5 Å². The van der Waals surface area contributed by atoms with Crippen LogP contribution in [-0.2, 0) is 4.79 Å². The van der Waals surface area contributed by atoms with Gasteiger partial charge in [0.15, 0.2) is 0 Å². The van der Waals surface area contributed by atoms with E-state index in [0.717, 1.165) is 30.6 Å². The van der Waals surface area contributed by atoms with Crippen LogP contribution in [0.3, 0.4) is 0 Å². The summed E-state index contributed by atoms with van der Waals surface area (Å²) in [4.78, 5) is 12.4. The lowest BCUT2D eigenvalue weighted by atomic mass is 9.90. The quantitative estimate of drug-likeness (QED) is 0.759. The molecule has 104 valence electrons. The summed E-state index contributed by atoms with van der Waals surface area (Å²) in [5.74, 6) is -0.000516. The molecular formula is C15H22N2O2. The van der Waals surface area contributed by atoms with Crippen molar-refractivity contribution >= 4 is 11.6 Å². The number of para-hydroxylation sites is 1. The van der Waals surface area contributed by atoms with E-state index < -0.39 is 0 Å². The molecule has 4 nitrogen and oxygen atoms in total. The Labute approximate surface area is 114 Å². The number of aliphatic hydroxyl groups is 1. The molecule has 0 saturated carbocycles. The molecule has 0 spiro atoms. The normalized spacial score (nSPS) is 19.2. The van der Waals surface area contributed by atoms with E-state index >= 15 is 0 Å². The molecule has 1 amide bonds. The first-order valence-corrected chi connectivity index (χ1v) is 7.00. The minimum atomic E-state index is -0.0785. The molecule has 1 aromatic carbocycles. The lowest BCUT2D eigenvalue weighted by Crippen LogP contribution is -2.39. The summed E-state index contributed by atoms with van der Waals surface area (Å²) < 4.78 is 0. The van der Waals surface area contributed by atoms with Gasteiger partial charge >= 0.3 is 0 Å². The van der Waals surface area contributed by atoms with E-state index in [0.29, 0.717) is 6.42 Å². The van der Waals surface area contributed by atoms with Crippen LogP contribution in [-0.4, -0.2) is 30.2 Å². The minimum Gasteiger partial charge on any atom is -0.396 e. The van der Waals surface area contributed by atoms with E-state index in [1.807, 2.05) is 31.2 Å². The molecule has 0 aromatic heterocycles. The van der Waals surface area contributed by atoms with Crippen LogP contribution >= 0.6 is 0 Å². The molecular weight excluding hydrogens is 240 g/mol. The summed E-state index contributed by atoms with van der Waals surface area (Å²) in [6.45, 7) is 2.96. The van der Waals surface area contributed by atoms with E-state index in [9.17, 15) is 4.79 Å². The maximum absolute atomic E-state index is 12.4. The number of fused-ring (bicyclic) bond motifs is 1. The molecule has 1 aromatic rings. The van der Waals surface area contributed by atoms with Crippen molar-refractivity contribution in [1.82, 2.24) is 5.32 Å². The van der Waals surface area contributed by atoms with Crippen LogP contribution in [0.15, 0.2) is 24.3 Å². The van der Waals surface area contributed by atoms with Crippen LogP contribution in [0.5, 0.6) is 0 Å². The molecule has 0 aliphatic carbocycles. The number of rotatable bonds is 5. The first-order chi connectivity index (χ1) is 9.26. The Bertz CT molecular complexity index is 434. The summed E-state index contributed by atoms with van der Waals surface area (Å²) in [7, 11) is 0. The molecule has 1 aliphatic rings. The average molecular weight is 262 g/mol. The lowest BCUT2D eigenvalue weighted by molar-refractivity contribution is -0.123. The Morgan fingerprint density at radius 2 is 2.32 bits per heavy atom. The number of amides is 1. The number of benzene rings is 1. The maximum atomic E-state index is 12.4. The van der Waals surface area contributed by atoms with Gasteiger partial charge in [-0.1, -0.05) is 25.1 Å². The van der Waals surface area contributed by atoms with E-state index in [4.69, 9.17) is 5.11 Å². The third-order valence-electron chi connectivity index (χ3n) is 3.72. The first-order valence-electron chi connectivity index (χ1n) is 7.00. The summed E-state index contributed by atoms with van der Waals surface area (Å²) in [5.41, 5.74) is 2.13. The number of aliphatic hydroxyl groups excluding tert-OH is 1. The molecule has 0 bridgehead atoms. The number of carbonyl (C=O) groups excluding carboxylic acids is 1.